The van der Waals surface area contributed by atoms with Gasteiger partial charge < -0.3 is 11.1 Å². The molecule has 4 unspecified atom stereocenters. The van der Waals surface area contributed by atoms with Crippen molar-refractivity contribution in [3.63, 3.8) is 0 Å². The van der Waals surface area contributed by atoms with E-state index in [1.54, 1.807) is 0 Å². The lowest BCUT2D eigenvalue weighted by Gasteiger charge is -2.36. The van der Waals surface area contributed by atoms with Gasteiger partial charge in [0.25, 0.3) is 0 Å². The van der Waals surface area contributed by atoms with Gasteiger partial charge in [0.05, 0.1) is 0 Å². The summed E-state index contributed by atoms with van der Waals surface area (Å²) in [5.74, 6) is 2.65. The number of nitrogens with one attached hydrogen (secondary N) is 1. The number of rotatable bonds is 4. The molecule has 0 bridgehead atoms. The minimum Gasteiger partial charge on any atom is -0.329 e. The van der Waals surface area contributed by atoms with Gasteiger partial charge in [0, 0.05) is 18.1 Å². The maximum Gasteiger partial charge on any atom is 0.0306 e. The fourth-order valence-corrected chi connectivity index (χ4v) is 4.28. The zero-order valence-electron chi connectivity index (χ0n) is 13.3. The SMILES string of the molecule is CC1CCC(NC2(CN)CCCC(C(C)C)CC2)C1. The Morgan fingerprint density at radius 1 is 1.16 bits per heavy atom. The molecule has 2 aliphatic rings. The lowest BCUT2D eigenvalue weighted by molar-refractivity contribution is 0.248. The monoisotopic (exact) mass is 266 g/mol. The quantitative estimate of drug-likeness (QED) is 0.762. The Labute approximate surface area is 119 Å². The van der Waals surface area contributed by atoms with Crippen LogP contribution in [0.2, 0.25) is 0 Å². The highest BCUT2D eigenvalue weighted by Gasteiger charge is 2.35. The number of nitrogens with two attached hydrogens (primary N) is 1. The topological polar surface area (TPSA) is 38.0 Å². The Hall–Kier alpha value is -0.0800. The van der Waals surface area contributed by atoms with Crippen molar-refractivity contribution in [2.24, 2.45) is 23.5 Å². The van der Waals surface area contributed by atoms with Crippen molar-refractivity contribution >= 4 is 0 Å². The summed E-state index contributed by atoms with van der Waals surface area (Å²) in [4.78, 5) is 0. The molecule has 4 atom stereocenters. The molecule has 19 heavy (non-hydrogen) atoms. The van der Waals surface area contributed by atoms with Gasteiger partial charge in [-0.2, -0.15) is 0 Å². The fourth-order valence-electron chi connectivity index (χ4n) is 4.28. The molecular weight excluding hydrogens is 232 g/mol. The third kappa shape index (κ3) is 3.95. The van der Waals surface area contributed by atoms with Gasteiger partial charge in [0.2, 0.25) is 0 Å². The molecule has 2 nitrogen and oxygen atoms in total. The van der Waals surface area contributed by atoms with Crippen LogP contribution in [0.3, 0.4) is 0 Å². The highest BCUT2D eigenvalue weighted by molar-refractivity contribution is 4.96. The highest BCUT2D eigenvalue weighted by atomic mass is 15.0. The van der Waals surface area contributed by atoms with E-state index in [1.165, 1.54) is 51.4 Å². The molecular formula is C17H34N2. The molecule has 3 N–H and O–H groups in total. The number of hydrogen-bond acceptors (Lipinski definition) is 2. The zero-order chi connectivity index (χ0) is 13.9. The van der Waals surface area contributed by atoms with Crippen LogP contribution in [0, 0.1) is 17.8 Å². The average molecular weight is 266 g/mol. The van der Waals surface area contributed by atoms with Crippen molar-refractivity contribution in [1.29, 1.82) is 0 Å². The maximum atomic E-state index is 6.18. The minimum atomic E-state index is 0.248. The van der Waals surface area contributed by atoms with E-state index in [1.807, 2.05) is 0 Å². The van der Waals surface area contributed by atoms with Crippen LogP contribution in [0.5, 0.6) is 0 Å². The van der Waals surface area contributed by atoms with Gasteiger partial charge in [0.15, 0.2) is 0 Å². The number of hydrogen-bond donors (Lipinski definition) is 2. The van der Waals surface area contributed by atoms with E-state index in [2.05, 4.69) is 26.1 Å². The van der Waals surface area contributed by atoms with Crippen LogP contribution < -0.4 is 11.1 Å². The zero-order valence-corrected chi connectivity index (χ0v) is 13.3. The molecule has 0 aromatic carbocycles. The molecule has 2 fully saturated rings. The van der Waals surface area contributed by atoms with Gasteiger partial charge in [-0.05, 0) is 56.3 Å². The second kappa shape index (κ2) is 6.58. The first-order valence-corrected chi connectivity index (χ1v) is 8.52. The van der Waals surface area contributed by atoms with Crippen molar-refractivity contribution in [2.45, 2.75) is 83.7 Å². The van der Waals surface area contributed by atoms with E-state index in [4.69, 9.17) is 5.73 Å². The summed E-state index contributed by atoms with van der Waals surface area (Å²) in [6, 6.07) is 0.731. The first-order chi connectivity index (χ1) is 9.04. The Balaban J connectivity index is 1.94. The molecule has 0 saturated heterocycles. The van der Waals surface area contributed by atoms with Crippen LogP contribution in [0.15, 0.2) is 0 Å². The first kappa shape index (κ1) is 15.3. The second-order valence-electron chi connectivity index (χ2n) is 7.68. The van der Waals surface area contributed by atoms with Crippen LogP contribution >= 0.6 is 0 Å². The van der Waals surface area contributed by atoms with Crippen LogP contribution in [-0.4, -0.2) is 18.1 Å². The summed E-state index contributed by atoms with van der Waals surface area (Å²) >= 11 is 0. The fraction of sp³-hybridized carbons (Fsp3) is 1.00. The summed E-state index contributed by atoms with van der Waals surface area (Å²) in [6.45, 7) is 7.97. The molecule has 0 aromatic heterocycles. The smallest absolute Gasteiger partial charge is 0.0306 e. The Kier molecular flexibility index (Phi) is 5.30. The molecule has 0 aliphatic heterocycles. The summed E-state index contributed by atoms with van der Waals surface area (Å²) in [6.07, 6.45) is 10.8. The summed E-state index contributed by atoms with van der Waals surface area (Å²) in [7, 11) is 0. The van der Waals surface area contributed by atoms with Gasteiger partial charge in [-0.15, -0.1) is 0 Å². The molecule has 0 heterocycles. The lowest BCUT2D eigenvalue weighted by Crippen LogP contribution is -2.54. The van der Waals surface area contributed by atoms with Gasteiger partial charge in [-0.25, -0.2) is 0 Å². The normalized spacial score (nSPS) is 40.6. The Bertz CT molecular complexity index is 276. The molecule has 2 aliphatic carbocycles. The van der Waals surface area contributed by atoms with Crippen LogP contribution in [0.4, 0.5) is 0 Å². The van der Waals surface area contributed by atoms with Crippen LogP contribution in [0.1, 0.15) is 72.1 Å². The molecule has 0 amide bonds. The maximum absolute atomic E-state index is 6.18. The highest BCUT2D eigenvalue weighted by Crippen LogP contribution is 2.35. The third-order valence-electron chi connectivity index (χ3n) is 5.76. The van der Waals surface area contributed by atoms with Gasteiger partial charge >= 0.3 is 0 Å². The first-order valence-electron chi connectivity index (χ1n) is 8.52. The van der Waals surface area contributed by atoms with Crippen molar-refractivity contribution < 1.29 is 0 Å². The Morgan fingerprint density at radius 3 is 2.53 bits per heavy atom. The molecule has 0 radical (unpaired) electrons. The van der Waals surface area contributed by atoms with E-state index < -0.39 is 0 Å². The van der Waals surface area contributed by atoms with E-state index in [9.17, 15) is 0 Å². The van der Waals surface area contributed by atoms with E-state index in [-0.39, 0.29) is 5.54 Å². The van der Waals surface area contributed by atoms with E-state index >= 15 is 0 Å². The predicted molar refractivity (Wildman–Crippen MR) is 83.1 cm³/mol. The van der Waals surface area contributed by atoms with Crippen molar-refractivity contribution in [3.8, 4) is 0 Å². The largest absolute Gasteiger partial charge is 0.329 e. The van der Waals surface area contributed by atoms with Crippen LogP contribution in [-0.2, 0) is 0 Å². The molecule has 0 spiro atoms. The second-order valence-corrected chi connectivity index (χ2v) is 7.68. The lowest BCUT2D eigenvalue weighted by atomic mass is 9.86. The molecule has 2 rings (SSSR count). The minimum absolute atomic E-state index is 0.248. The van der Waals surface area contributed by atoms with Gasteiger partial charge in [-0.1, -0.05) is 33.6 Å². The molecule has 0 aromatic rings. The molecule has 112 valence electrons. The standard InChI is InChI=1S/C17H34N2/c1-13(2)15-5-4-9-17(12-18,10-8-15)19-16-7-6-14(3)11-16/h13-16,19H,4-12,18H2,1-3H3. The Morgan fingerprint density at radius 2 is 1.95 bits per heavy atom. The summed E-state index contributed by atoms with van der Waals surface area (Å²) < 4.78 is 0. The van der Waals surface area contributed by atoms with Gasteiger partial charge in [-0.3, -0.25) is 0 Å². The van der Waals surface area contributed by atoms with Gasteiger partial charge in [0.1, 0.15) is 0 Å². The molecule has 2 heteroatoms. The van der Waals surface area contributed by atoms with E-state index in [0.29, 0.717) is 0 Å². The summed E-state index contributed by atoms with van der Waals surface area (Å²) in [5, 5.41) is 3.99. The van der Waals surface area contributed by atoms with E-state index in [0.717, 1.165) is 30.3 Å². The van der Waals surface area contributed by atoms with Crippen LogP contribution in [0.25, 0.3) is 0 Å². The van der Waals surface area contributed by atoms with Crippen molar-refractivity contribution in [3.05, 3.63) is 0 Å². The predicted octanol–water partition coefficient (Wildman–Crippen LogP) is 3.70. The molecule has 2 saturated carbocycles. The summed E-state index contributed by atoms with van der Waals surface area (Å²) in [5.41, 5.74) is 6.43. The van der Waals surface area contributed by atoms with Crippen molar-refractivity contribution in [1.82, 2.24) is 5.32 Å². The third-order valence-corrected chi connectivity index (χ3v) is 5.76. The average Bonchev–Trinajstić information content (AvgIpc) is 2.65. The van der Waals surface area contributed by atoms with Crippen molar-refractivity contribution in [2.75, 3.05) is 6.54 Å².